The summed E-state index contributed by atoms with van der Waals surface area (Å²) >= 11 is 0. The standard InChI is InChI=1S/C24H22F3N5O/c25-21-14(2-1-3-18(21)22(26)27)9-29-23-19-8-17(31-10-15-12-33-13-16(15)11-31)4-5-20(19)32-7-6-28-24(32)30-23/h1-8,15-16,22H,9-13H2,(H,28,29,30). The van der Waals surface area contributed by atoms with Gasteiger partial charge in [0.15, 0.2) is 0 Å². The van der Waals surface area contributed by atoms with E-state index in [0.717, 1.165) is 49.0 Å². The molecule has 2 saturated heterocycles. The number of benzene rings is 2. The van der Waals surface area contributed by atoms with Crippen molar-refractivity contribution in [1.82, 2.24) is 14.4 Å². The number of imidazole rings is 1. The number of rotatable bonds is 5. The van der Waals surface area contributed by atoms with Crippen LogP contribution in [0.15, 0.2) is 48.8 Å². The molecule has 2 aliphatic heterocycles. The van der Waals surface area contributed by atoms with Gasteiger partial charge in [0, 0.05) is 60.5 Å². The Morgan fingerprint density at radius 3 is 2.73 bits per heavy atom. The molecule has 6 rings (SSSR count). The Kier molecular flexibility index (Phi) is 4.86. The number of hydrogen-bond donors (Lipinski definition) is 1. The average Bonchev–Trinajstić information content (AvgIpc) is 3.54. The highest BCUT2D eigenvalue weighted by Gasteiger charge is 2.37. The number of ether oxygens (including phenoxy) is 1. The number of fused-ring (bicyclic) bond motifs is 4. The molecule has 4 heterocycles. The number of nitrogens with zero attached hydrogens (tertiary/aromatic N) is 4. The van der Waals surface area contributed by atoms with Gasteiger partial charge in [0.25, 0.3) is 6.43 Å². The predicted octanol–water partition coefficient (Wildman–Crippen LogP) is 4.65. The molecule has 0 aliphatic carbocycles. The molecule has 2 unspecified atom stereocenters. The first-order chi connectivity index (χ1) is 16.1. The first kappa shape index (κ1) is 20.3. The van der Waals surface area contributed by atoms with Crippen molar-refractivity contribution >= 4 is 28.2 Å². The van der Waals surface area contributed by atoms with Gasteiger partial charge in [0.05, 0.1) is 24.3 Å². The lowest BCUT2D eigenvalue weighted by molar-refractivity contribution is 0.146. The van der Waals surface area contributed by atoms with Crippen LogP contribution in [-0.2, 0) is 11.3 Å². The summed E-state index contributed by atoms with van der Waals surface area (Å²) in [5, 5.41) is 4.02. The highest BCUT2D eigenvalue weighted by molar-refractivity contribution is 5.93. The Labute approximate surface area is 188 Å². The largest absolute Gasteiger partial charge is 0.381 e. The molecule has 4 aromatic rings. The molecule has 2 aromatic carbocycles. The molecular weight excluding hydrogens is 431 g/mol. The monoisotopic (exact) mass is 453 g/mol. The van der Waals surface area contributed by atoms with Gasteiger partial charge in [-0.25, -0.2) is 18.2 Å². The Morgan fingerprint density at radius 2 is 1.94 bits per heavy atom. The van der Waals surface area contributed by atoms with Crippen LogP contribution < -0.4 is 10.2 Å². The first-order valence-corrected chi connectivity index (χ1v) is 11.0. The van der Waals surface area contributed by atoms with E-state index in [0.29, 0.717) is 23.4 Å². The fourth-order valence-corrected chi connectivity index (χ4v) is 4.96. The van der Waals surface area contributed by atoms with E-state index in [2.05, 4.69) is 32.3 Å². The molecule has 170 valence electrons. The van der Waals surface area contributed by atoms with Crippen LogP contribution in [0, 0.1) is 17.7 Å². The number of halogens is 3. The van der Waals surface area contributed by atoms with E-state index in [1.54, 1.807) is 6.20 Å². The summed E-state index contributed by atoms with van der Waals surface area (Å²) in [4.78, 5) is 11.3. The van der Waals surface area contributed by atoms with Crippen molar-refractivity contribution in [2.45, 2.75) is 13.0 Å². The van der Waals surface area contributed by atoms with Crippen molar-refractivity contribution in [2.75, 3.05) is 36.5 Å². The average molecular weight is 453 g/mol. The van der Waals surface area contributed by atoms with E-state index in [4.69, 9.17) is 4.74 Å². The van der Waals surface area contributed by atoms with Gasteiger partial charge in [-0.05, 0) is 18.2 Å². The summed E-state index contributed by atoms with van der Waals surface area (Å²) in [5.74, 6) is 1.26. The molecule has 2 atom stereocenters. The smallest absolute Gasteiger partial charge is 0.266 e. The molecule has 0 spiro atoms. The maximum atomic E-state index is 14.6. The third-order valence-electron chi connectivity index (χ3n) is 6.72. The van der Waals surface area contributed by atoms with Gasteiger partial charge >= 0.3 is 0 Å². The molecular formula is C24H22F3N5O. The molecule has 0 amide bonds. The van der Waals surface area contributed by atoms with E-state index >= 15 is 0 Å². The molecule has 2 aliphatic rings. The highest BCUT2D eigenvalue weighted by atomic mass is 19.3. The molecule has 0 bridgehead atoms. The van der Waals surface area contributed by atoms with Gasteiger partial charge in [0.2, 0.25) is 5.78 Å². The predicted molar refractivity (Wildman–Crippen MR) is 119 cm³/mol. The minimum atomic E-state index is -2.86. The van der Waals surface area contributed by atoms with Crippen LogP contribution in [0.1, 0.15) is 17.6 Å². The fourth-order valence-electron chi connectivity index (χ4n) is 4.96. The van der Waals surface area contributed by atoms with Crippen LogP contribution in [0.3, 0.4) is 0 Å². The van der Waals surface area contributed by atoms with Crippen LogP contribution in [0.2, 0.25) is 0 Å². The second-order valence-electron chi connectivity index (χ2n) is 8.70. The molecule has 9 heteroatoms. The molecule has 6 nitrogen and oxygen atoms in total. The Balaban J connectivity index is 1.37. The van der Waals surface area contributed by atoms with Crippen molar-refractivity contribution in [1.29, 1.82) is 0 Å². The zero-order valence-electron chi connectivity index (χ0n) is 17.7. The Hall–Kier alpha value is -3.33. The van der Waals surface area contributed by atoms with Crippen molar-refractivity contribution in [3.8, 4) is 0 Å². The second-order valence-corrected chi connectivity index (χ2v) is 8.70. The third kappa shape index (κ3) is 3.47. The number of anilines is 2. The van der Waals surface area contributed by atoms with E-state index < -0.39 is 17.8 Å². The minimum absolute atomic E-state index is 0.0286. The number of hydrogen-bond acceptors (Lipinski definition) is 5. The van der Waals surface area contributed by atoms with E-state index in [9.17, 15) is 13.2 Å². The van der Waals surface area contributed by atoms with Crippen LogP contribution in [0.25, 0.3) is 16.7 Å². The minimum Gasteiger partial charge on any atom is -0.381 e. The van der Waals surface area contributed by atoms with Gasteiger partial charge < -0.3 is 15.0 Å². The van der Waals surface area contributed by atoms with Crippen molar-refractivity contribution in [2.24, 2.45) is 11.8 Å². The summed E-state index contributed by atoms with van der Waals surface area (Å²) in [6.45, 7) is 3.54. The van der Waals surface area contributed by atoms with Crippen LogP contribution in [0.5, 0.6) is 0 Å². The second kappa shape index (κ2) is 7.91. The van der Waals surface area contributed by atoms with Gasteiger partial charge in [-0.3, -0.25) is 4.40 Å². The van der Waals surface area contributed by atoms with E-state index in [-0.39, 0.29) is 12.1 Å². The third-order valence-corrected chi connectivity index (χ3v) is 6.72. The molecule has 1 N–H and O–H groups in total. The summed E-state index contributed by atoms with van der Waals surface area (Å²) in [6.07, 6.45) is 0.655. The zero-order valence-corrected chi connectivity index (χ0v) is 17.7. The van der Waals surface area contributed by atoms with Crippen molar-refractivity contribution < 1.29 is 17.9 Å². The number of aromatic nitrogens is 3. The van der Waals surface area contributed by atoms with Gasteiger partial charge in [0.1, 0.15) is 11.6 Å². The summed E-state index contributed by atoms with van der Waals surface area (Å²) in [5.41, 5.74) is 1.57. The maximum absolute atomic E-state index is 14.6. The summed E-state index contributed by atoms with van der Waals surface area (Å²) < 4.78 is 48.2. The topological polar surface area (TPSA) is 54.7 Å². The normalized spacial score (nSPS) is 20.3. The number of alkyl halides is 2. The highest BCUT2D eigenvalue weighted by Crippen LogP contribution is 2.35. The lowest BCUT2D eigenvalue weighted by Crippen LogP contribution is -2.22. The van der Waals surface area contributed by atoms with Crippen LogP contribution >= 0.6 is 0 Å². The van der Waals surface area contributed by atoms with Crippen LogP contribution in [-0.4, -0.2) is 40.7 Å². The molecule has 2 fully saturated rings. The summed E-state index contributed by atoms with van der Waals surface area (Å²) in [7, 11) is 0. The van der Waals surface area contributed by atoms with Crippen molar-refractivity contribution in [3.05, 3.63) is 65.7 Å². The Bertz CT molecular complexity index is 1330. The first-order valence-electron chi connectivity index (χ1n) is 11.0. The molecule has 33 heavy (non-hydrogen) atoms. The van der Waals surface area contributed by atoms with Crippen molar-refractivity contribution in [3.63, 3.8) is 0 Å². The lowest BCUT2D eigenvalue weighted by Gasteiger charge is -2.21. The van der Waals surface area contributed by atoms with Gasteiger partial charge in [-0.15, -0.1) is 0 Å². The molecule has 2 aromatic heterocycles. The zero-order chi connectivity index (χ0) is 22.5. The SMILES string of the molecule is Fc1c(CNc2nc3nccn3c3ccc(N4CC5COCC5C4)cc23)cccc1C(F)F. The fraction of sp³-hybridized carbons (Fsp3) is 0.333. The quantitative estimate of drug-likeness (QED) is 0.477. The number of nitrogens with one attached hydrogen (secondary N) is 1. The lowest BCUT2D eigenvalue weighted by atomic mass is 10.0. The molecule has 0 saturated carbocycles. The summed E-state index contributed by atoms with van der Waals surface area (Å²) in [6, 6.07) is 10.3. The van der Waals surface area contributed by atoms with E-state index in [1.807, 2.05) is 16.7 Å². The van der Waals surface area contributed by atoms with Gasteiger partial charge in [-0.2, -0.15) is 4.98 Å². The Morgan fingerprint density at radius 1 is 1.12 bits per heavy atom. The van der Waals surface area contributed by atoms with Gasteiger partial charge in [-0.1, -0.05) is 18.2 Å². The van der Waals surface area contributed by atoms with E-state index in [1.165, 1.54) is 12.1 Å². The molecule has 0 radical (unpaired) electrons. The van der Waals surface area contributed by atoms with Crippen LogP contribution in [0.4, 0.5) is 24.7 Å². The maximum Gasteiger partial charge on any atom is 0.266 e.